The van der Waals surface area contributed by atoms with Gasteiger partial charge in [0.2, 0.25) is 0 Å². The van der Waals surface area contributed by atoms with Gasteiger partial charge in [0, 0.05) is 12.1 Å². The fourth-order valence-electron chi connectivity index (χ4n) is 1.63. The SMILES string of the molecule is O=C(O)CCN1C(=O)/C(=C/c2ccccc2F)SC1=S. The van der Waals surface area contributed by atoms with Gasteiger partial charge in [-0.3, -0.25) is 14.5 Å². The van der Waals surface area contributed by atoms with Gasteiger partial charge in [-0.1, -0.05) is 42.2 Å². The van der Waals surface area contributed by atoms with Crippen LogP contribution in [0.15, 0.2) is 29.2 Å². The molecular weight excluding hydrogens is 301 g/mol. The number of thiocarbonyl (C=S) groups is 1. The average molecular weight is 311 g/mol. The Kier molecular flexibility index (Phi) is 4.51. The van der Waals surface area contributed by atoms with Gasteiger partial charge in [-0.25, -0.2) is 4.39 Å². The van der Waals surface area contributed by atoms with Crippen molar-refractivity contribution in [1.29, 1.82) is 0 Å². The highest BCUT2D eigenvalue weighted by atomic mass is 32.2. The van der Waals surface area contributed by atoms with Crippen molar-refractivity contribution < 1.29 is 19.1 Å². The van der Waals surface area contributed by atoms with Crippen LogP contribution in [0.5, 0.6) is 0 Å². The molecule has 104 valence electrons. The van der Waals surface area contributed by atoms with Crippen molar-refractivity contribution in [2.45, 2.75) is 6.42 Å². The predicted molar refractivity (Wildman–Crippen MR) is 78.5 cm³/mol. The third-order valence-corrected chi connectivity index (χ3v) is 3.99. The van der Waals surface area contributed by atoms with Gasteiger partial charge in [0.15, 0.2) is 0 Å². The number of benzene rings is 1. The third kappa shape index (κ3) is 3.23. The van der Waals surface area contributed by atoms with Gasteiger partial charge in [0.1, 0.15) is 10.1 Å². The van der Waals surface area contributed by atoms with Crippen LogP contribution >= 0.6 is 24.0 Å². The zero-order chi connectivity index (χ0) is 14.7. The van der Waals surface area contributed by atoms with Crippen molar-refractivity contribution in [3.05, 3.63) is 40.6 Å². The minimum atomic E-state index is -1.00. The van der Waals surface area contributed by atoms with Crippen LogP contribution in [-0.4, -0.2) is 32.7 Å². The highest BCUT2D eigenvalue weighted by Crippen LogP contribution is 2.32. The molecule has 0 aromatic heterocycles. The van der Waals surface area contributed by atoms with Crippen LogP contribution in [-0.2, 0) is 9.59 Å². The van der Waals surface area contributed by atoms with E-state index in [1.165, 1.54) is 17.0 Å². The molecule has 20 heavy (non-hydrogen) atoms. The fraction of sp³-hybridized carbons (Fsp3) is 0.154. The number of aliphatic carboxylic acids is 1. The number of nitrogens with zero attached hydrogens (tertiary/aromatic N) is 1. The maximum Gasteiger partial charge on any atom is 0.305 e. The van der Waals surface area contributed by atoms with Gasteiger partial charge >= 0.3 is 5.97 Å². The number of thioether (sulfide) groups is 1. The molecule has 1 amide bonds. The quantitative estimate of drug-likeness (QED) is 0.684. The van der Waals surface area contributed by atoms with E-state index in [1.54, 1.807) is 18.2 Å². The summed E-state index contributed by atoms with van der Waals surface area (Å²) in [7, 11) is 0. The molecule has 0 atom stereocenters. The van der Waals surface area contributed by atoms with Gasteiger partial charge in [0.05, 0.1) is 11.3 Å². The number of carboxylic acid groups (broad SMARTS) is 1. The Labute approximate surface area is 124 Å². The molecule has 1 N–H and O–H groups in total. The van der Waals surface area contributed by atoms with E-state index < -0.39 is 11.8 Å². The lowest BCUT2D eigenvalue weighted by molar-refractivity contribution is -0.137. The van der Waals surface area contributed by atoms with Gasteiger partial charge in [-0.05, 0) is 12.1 Å². The van der Waals surface area contributed by atoms with Crippen molar-refractivity contribution in [3.63, 3.8) is 0 Å². The fourth-order valence-corrected chi connectivity index (χ4v) is 2.93. The number of rotatable bonds is 4. The third-order valence-electron chi connectivity index (χ3n) is 2.61. The summed E-state index contributed by atoms with van der Waals surface area (Å²) in [6.07, 6.45) is 1.24. The highest BCUT2D eigenvalue weighted by molar-refractivity contribution is 8.26. The largest absolute Gasteiger partial charge is 0.481 e. The summed E-state index contributed by atoms with van der Waals surface area (Å²) >= 11 is 6.08. The number of carboxylic acids is 1. The summed E-state index contributed by atoms with van der Waals surface area (Å²) in [5.74, 6) is -1.81. The summed E-state index contributed by atoms with van der Waals surface area (Å²) < 4.78 is 13.8. The van der Waals surface area contributed by atoms with Crippen LogP contribution in [0.4, 0.5) is 4.39 Å². The van der Waals surface area contributed by atoms with Gasteiger partial charge < -0.3 is 5.11 Å². The van der Waals surface area contributed by atoms with Crippen molar-refractivity contribution in [1.82, 2.24) is 4.90 Å². The lowest BCUT2D eigenvalue weighted by Crippen LogP contribution is -2.30. The molecule has 0 aliphatic carbocycles. The normalized spacial score (nSPS) is 17.1. The monoisotopic (exact) mass is 311 g/mol. The topological polar surface area (TPSA) is 57.6 Å². The molecule has 1 aliphatic heterocycles. The van der Waals surface area contributed by atoms with E-state index in [0.717, 1.165) is 11.8 Å². The van der Waals surface area contributed by atoms with Crippen molar-refractivity contribution in [2.75, 3.05) is 6.54 Å². The Morgan fingerprint density at radius 2 is 2.15 bits per heavy atom. The second kappa shape index (κ2) is 6.15. The Bertz CT molecular complexity index is 615. The lowest BCUT2D eigenvalue weighted by atomic mass is 10.2. The van der Waals surface area contributed by atoms with E-state index in [0.29, 0.717) is 14.8 Å². The van der Waals surface area contributed by atoms with Crippen LogP contribution in [0.1, 0.15) is 12.0 Å². The van der Waals surface area contributed by atoms with E-state index in [2.05, 4.69) is 0 Å². The van der Waals surface area contributed by atoms with E-state index in [1.807, 2.05) is 0 Å². The number of amides is 1. The number of carbonyl (C=O) groups is 2. The van der Waals surface area contributed by atoms with Crippen LogP contribution < -0.4 is 0 Å². The maximum atomic E-state index is 13.5. The van der Waals surface area contributed by atoms with Crippen molar-refractivity contribution >= 4 is 46.3 Å². The number of carbonyl (C=O) groups excluding carboxylic acids is 1. The van der Waals surface area contributed by atoms with Gasteiger partial charge in [-0.15, -0.1) is 0 Å². The number of hydrogen-bond donors (Lipinski definition) is 1. The minimum absolute atomic E-state index is 0.0224. The summed E-state index contributed by atoms with van der Waals surface area (Å²) in [4.78, 5) is 24.1. The summed E-state index contributed by atoms with van der Waals surface area (Å²) in [6.45, 7) is 0.0224. The molecule has 4 nitrogen and oxygen atoms in total. The standard InChI is InChI=1S/C13H10FNO3S2/c14-9-4-2-1-3-8(9)7-10-12(18)15(13(19)20-10)6-5-11(16)17/h1-4,7H,5-6H2,(H,16,17)/b10-7-. The van der Waals surface area contributed by atoms with Crippen molar-refractivity contribution in [3.8, 4) is 0 Å². The molecule has 0 radical (unpaired) electrons. The zero-order valence-corrected chi connectivity index (χ0v) is 11.8. The molecule has 2 rings (SSSR count). The van der Waals surface area contributed by atoms with Crippen LogP contribution in [0.25, 0.3) is 6.08 Å². The molecule has 1 aromatic rings. The predicted octanol–water partition coefficient (Wildman–Crippen LogP) is 2.50. The van der Waals surface area contributed by atoms with Crippen LogP contribution in [0.2, 0.25) is 0 Å². The number of halogens is 1. The van der Waals surface area contributed by atoms with Gasteiger partial charge in [-0.2, -0.15) is 0 Å². The second-order valence-electron chi connectivity index (χ2n) is 4.00. The van der Waals surface area contributed by atoms with Crippen LogP contribution in [0.3, 0.4) is 0 Å². The first-order valence-corrected chi connectivity index (χ1v) is 6.93. The summed E-state index contributed by atoms with van der Waals surface area (Å²) in [6, 6.07) is 6.08. The minimum Gasteiger partial charge on any atom is -0.481 e. The van der Waals surface area contributed by atoms with E-state index in [-0.39, 0.29) is 18.9 Å². The second-order valence-corrected chi connectivity index (χ2v) is 5.67. The Balaban J connectivity index is 2.19. The molecule has 1 saturated heterocycles. The molecular formula is C13H10FNO3S2. The van der Waals surface area contributed by atoms with Crippen LogP contribution in [0, 0.1) is 5.82 Å². The summed E-state index contributed by atoms with van der Waals surface area (Å²) in [5.41, 5.74) is 0.297. The van der Waals surface area contributed by atoms with Gasteiger partial charge in [0.25, 0.3) is 5.91 Å². The molecule has 1 aromatic carbocycles. The molecule has 1 heterocycles. The molecule has 0 saturated carbocycles. The molecule has 1 aliphatic rings. The first-order valence-electron chi connectivity index (χ1n) is 5.70. The highest BCUT2D eigenvalue weighted by Gasteiger charge is 2.32. The average Bonchev–Trinajstić information content (AvgIpc) is 2.65. The zero-order valence-electron chi connectivity index (χ0n) is 10.2. The Morgan fingerprint density at radius 3 is 2.80 bits per heavy atom. The lowest BCUT2D eigenvalue weighted by Gasteiger charge is -2.12. The number of hydrogen-bond acceptors (Lipinski definition) is 4. The first-order chi connectivity index (χ1) is 9.49. The van der Waals surface area contributed by atoms with E-state index in [4.69, 9.17) is 17.3 Å². The molecule has 0 bridgehead atoms. The smallest absolute Gasteiger partial charge is 0.305 e. The molecule has 0 spiro atoms. The molecule has 7 heteroatoms. The molecule has 1 fully saturated rings. The Morgan fingerprint density at radius 1 is 1.45 bits per heavy atom. The molecule has 0 unspecified atom stereocenters. The van der Waals surface area contributed by atoms with Crippen molar-refractivity contribution in [2.24, 2.45) is 0 Å². The Hall–Kier alpha value is -1.73. The van der Waals surface area contributed by atoms with E-state index in [9.17, 15) is 14.0 Å². The first kappa shape index (κ1) is 14.7. The van der Waals surface area contributed by atoms with E-state index >= 15 is 0 Å². The summed E-state index contributed by atoms with van der Waals surface area (Å²) in [5, 5.41) is 8.63. The maximum absolute atomic E-state index is 13.5.